The van der Waals surface area contributed by atoms with Crippen molar-refractivity contribution in [1.82, 2.24) is 9.97 Å². The van der Waals surface area contributed by atoms with E-state index in [1.165, 1.54) is 6.07 Å². The predicted octanol–water partition coefficient (Wildman–Crippen LogP) is 4.59. The Balaban J connectivity index is 1.24. The van der Waals surface area contributed by atoms with Crippen LogP contribution in [0.4, 0.5) is 4.39 Å². The standard InChI is InChI=1S/C27H25FN2O2/c1-2-17-3-5-22(30-16-17)12-23(31)15-27(32)13-19-9-18(10-20(19)14-27)24-7-8-29-26-6-4-21(28)11-25(24)26/h1,3-8,11,16,18-20,32H,9-10,12-15H2/t18?,19-,20+,27?. The predicted molar refractivity (Wildman–Crippen MR) is 120 cm³/mol. The van der Waals surface area contributed by atoms with Gasteiger partial charge < -0.3 is 5.11 Å². The summed E-state index contributed by atoms with van der Waals surface area (Å²) in [6.07, 6.45) is 12.3. The Kier molecular flexibility index (Phi) is 5.27. The van der Waals surface area contributed by atoms with Gasteiger partial charge >= 0.3 is 0 Å². The molecule has 1 N–H and O–H groups in total. The molecule has 2 fully saturated rings. The molecule has 0 aliphatic heterocycles. The Labute approximate surface area is 186 Å². The number of halogens is 1. The Morgan fingerprint density at radius 2 is 1.94 bits per heavy atom. The molecule has 32 heavy (non-hydrogen) atoms. The summed E-state index contributed by atoms with van der Waals surface area (Å²) in [5.74, 6) is 3.35. The summed E-state index contributed by atoms with van der Waals surface area (Å²) in [7, 11) is 0. The second-order valence-electron chi connectivity index (χ2n) is 9.46. The minimum Gasteiger partial charge on any atom is -0.389 e. The van der Waals surface area contributed by atoms with E-state index in [2.05, 4.69) is 15.9 Å². The second-order valence-corrected chi connectivity index (χ2v) is 9.46. The molecule has 0 bridgehead atoms. The minimum absolute atomic E-state index is 0.000541. The molecule has 2 aromatic heterocycles. The van der Waals surface area contributed by atoms with Crippen LogP contribution in [0.2, 0.25) is 0 Å². The lowest BCUT2D eigenvalue weighted by molar-refractivity contribution is -0.123. The molecule has 2 unspecified atom stereocenters. The smallest absolute Gasteiger partial charge is 0.141 e. The number of Topliss-reactive ketones (excluding diaryl/α,β-unsaturated/α-hetero) is 1. The fraction of sp³-hybridized carbons (Fsp3) is 0.370. The molecule has 5 rings (SSSR count). The molecular weight excluding hydrogens is 403 g/mol. The maximum absolute atomic E-state index is 13.8. The number of aliphatic hydroxyl groups is 1. The third-order valence-electron chi connectivity index (χ3n) is 7.20. The minimum atomic E-state index is -0.942. The largest absolute Gasteiger partial charge is 0.389 e. The Morgan fingerprint density at radius 1 is 1.16 bits per heavy atom. The van der Waals surface area contributed by atoms with Gasteiger partial charge in [-0.1, -0.05) is 5.92 Å². The molecule has 4 atom stereocenters. The number of pyridine rings is 2. The number of carbonyl (C=O) groups is 1. The number of fused-ring (bicyclic) bond motifs is 2. The summed E-state index contributed by atoms with van der Waals surface area (Å²) in [6.45, 7) is 0. The first-order valence-electron chi connectivity index (χ1n) is 11.1. The lowest BCUT2D eigenvalue weighted by atomic mass is 9.86. The Bertz CT molecular complexity index is 1200. The van der Waals surface area contributed by atoms with Crippen molar-refractivity contribution in [2.75, 3.05) is 0 Å². The number of hydrogen-bond donors (Lipinski definition) is 1. The van der Waals surface area contributed by atoms with Gasteiger partial charge in [-0.2, -0.15) is 0 Å². The highest BCUT2D eigenvalue weighted by molar-refractivity contribution is 5.83. The average Bonchev–Trinajstić information content (AvgIpc) is 3.28. The Morgan fingerprint density at radius 3 is 2.62 bits per heavy atom. The van der Waals surface area contributed by atoms with Crippen LogP contribution in [0, 0.1) is 30.0 Å². The van der Waals surface area contributed by atoms with E-state index in [-0.39, 0.29) is 24.4 Å². The number of ketones is 1. The number of aromatic nitrogens is 2. The van der Waals surface area contributed by atoms with Crippen LogP contribution in [0.1, 0.15) is 54.8 Å². The SMILES string of the molecule is C#Cc1ccc(CC(=O)CC2(O)C[C@H]3CC(c4ccnc5ccc(F)cc45)C[C@H]3C2)nc1. The molecule has 2 heterocycles. The van der Waals surface area contributed by atoms with Crippen molar-refractivity contribution in [3.8, 4) is 12.3 Å². The summed E-state index contributed by atoms with van der Waals surface area (Å²) in [5, 5.41) is 12.0. The lowest BCUT2D eigenvalue weighted by Crippen LogP contribution is -2.30. The van der Waals surface area contributed by atoms with Crippen molar-refractivity contribution in [3.63, 3.8) is 0 Å². The highest BCUT2D eigenvalue weighted by Gasteiger charge is 2.49. The van der Waals surface area contributed by atoms with E-state index in [0.29, 0.717) is 41.9 Å². The van der Waals surface area contributed by atoms with E-state index < -0.39 is 5.60 Å². The fourth-order valence-corrected chi connectivity index (χ4v) is 5.91. The first-order chi connectivity index (χ1) is 15.4. The zero-order valence-electron chi connectivity index (χ0n) is 17.8. The van der Waals surface area contributed by atoms with Crippen molar-refractivity contribution in [2.24, 2.45) is 11.8 Å². The van der Waals surface area contributed by atoms with Crippen LogP contribution < -0.4 is 0 Å². The van der Waals surface area contributed by atoms with E-state index in [4.69, 9.17) is 6.42 Å². The summed E-state index contributed by atoms with van der Waals surface area (Å²) in [6, 6.07) is 10.3. The van der Waals surface area contributed by atoms with E-state index in [1.54, 1.807) is 36.7 Å². The van der Waals surface area contributed by atoms with Gasteiger partial charge in [-0.25, -0.2) is 4.39 Å². The molecular formula is C27H25FN2O2. The van der Waals surface area contributed by atoms with Gasteiger partial charge in [0.2, 0.25) is 0 Å². The molecule has 0 radical (unpaired) electrons. The zero-order valence-corrected chi connectivity index (χ0v) is 17.8. The van der Waals surface area contributed by atoms with Crippen LogP contribution in [0.25, 0.3) is 10.9 Å². The van der Waals surface area contributed by atoms with Gasteiger partial charge in [0.1, 0.15) is 11.6 Å². The van der Waals surface area contributed by atoms with Crippen molar-refractivity contribution in [1.29, 1.82) is 0 Å². The number of rotatable bonds is 5. The van der Waals surface area contributed by atoms with E-state index >= 15 is 0 Å². The normalized spacial score (nSPS) is 26.7. The third-order valence-corrected chi connectivity index (χ3v) is 7.20. The highest BCUT2D eigenvalue weighted by atomic mass is 19.1. The molecule has 0 spiro atoms. The average molecular weight is 429 g/mol. The molecule has 3 aromatic rings. The molecule has 2 aliphatic carbocycles. The second kappa shape index (κ2) is 8.11. The van der Waals surface area contributed by atoms with Gasteiger partial charge in [0.05, 0.1) is 11.1 Å². The van der Waals surface area contributed by atoms with Crippen LogP contribution in [0.5, 0.6) is 0 Å². The molecule has 4 nitrogen and oxygen atoms in total. The monoisotopic (exact) mass is 428 g/mol. The summed E-state index contributed by atoms with van der Waals surface area (Å²) in [5.41, 5.74) is 2.37. The molecule has 162 valence electrons. The molecule has 1 aromatic carbocycles. The van der Waals surface area contributed by atoms with Crippen molar-refractivity contribution in [2.45, 2.75) is 50.0 Å². The maximum Gasteiger partial charge on any atom is 0.141 e. The van der Waals surface area contributed by atoms with E-state index in [0.717, 1.165) is 29.3 Å². The number of benzene rings is 1. The van der Waals surface area contributed by atoms with Crippen LogP contribution in [0.15, 0.2) is 48.8 Å². The first kappa shape index (κ1) is 20.8. The van der Waals surface area contributed by atoms with E-state index in [9.17, 15) is 14.3 Å². The number of carbonyl (C=O) groups excluding carboxylic acids is 1. The van der Waals surface area contributed by atoms with Crippen molar-refractivity contribution >= 4 is 16.7 Å². The Hall–Kier alpha value is -3.10. The number of nitrogens with zero attached hydrogens (tertiary/aromatic N) is 2. The fourth-order valence-electron chi connectivity index (χ4n) is 5.91. The van der Waals surface area contributed by atoms with Gasteiger partial charge in [-0.3, -0.25) is 14.8 Å². The quantitative estimate of drug-likeness (QED) is 0.604. The van der Waals surface area contributed by atoms with Crippen molar-refractivity contribution < 1.29 is 14.3 Å². The maximum atomic E-state index is 13.8. The van der Waals surface area contributed by atoms with Gasteiger partial charge in [-0.15, -0.1) is 6.42 Å². The van der Waals surface area contributed by atoms with Crippen LogP contribution >= 0.6 is 0 Å². The highest BCUT2D eigenvalue weighted by Crippen LogP contribution is 2.55. The summed E-state index contributed by atoms with van der Waals surface area (Å²) in [4.78, 5) is 21.2. The topological polar surface area (TPSA) is 63.1 Å². The number of hydrogen-bond acceptors (Lipinski definition) is 4. The number of terminal acetylenes is 1. The molecule has 2 aliphatic rings. The van der Waals surface area contributed by atoms with Crippen LogP contribution in [0.3, 0.4) is 0 Å². The van der Waals surface area contributed by atoms with E-state index in [1.807, 2.05) is 6.07 Å². The molecule has 0 amide bonds. The summed E-state index contributed by atoms with van der Waals surface area (Å²) < 4.78 is 13.8. The van der Waals surface area contributed by atoms with Crippen molar-refractivity contribution in [3.05, 3.63) is 71.4 Å². The van der Waals surface area contributed by atoms with Gasteiger partial charge in [-0.05, 0) is 85.4 Å². The third kappa shape index (κ3) is 4.03. The molecule has 5 heteroatoms. The van der Waals surface area contributed by atoms with Crippen LogP contribution in [-0.4, -0.2) is 26.5 Å². The lowest BCUT2D eigenvalue weighted by Gasteiger charge is -2.24. The van der Waals surface area contributed by atoms with Crippen LogP contribution in [-0.2, 0) is 11.2 Å². The molecule has 0 saturated heterocycles. The molecule has 2 saturated carbocycles. The zero-order chi connectivity index (χ0) is 22.3. The first-order valence-corrected chi connectivity index (χ1v) is 11.1. The van der Waals surface area contributed by atoms with Gasteiger partial charge in [0.15, 0.2) is 0 Å². The van der Waals surface area contributed by atoms with Gasteiger partial charge in [0, 0.05) is 41.9 Å². The van der Waals surface area contributed by atoms with Gasteiger partial charge in [0.25, 0.3) is 0 Å². The summed E-state index contributed by atoms with van der Waals surface area (Å²) >= 11 is 0.